The summed E-state index contributed by atoms with van der Waals surface area (Å²) >= 11 is 5.97. The summed E-state index contributed by atoms with van der Waals surface area (Å²) in [5, 5.41) is 4.25. The van der Waals surface area contributed by atoms with Crippen molar-refractivity contribution >= 4 is 17.3 Å². The van der Waals surface area contributed by atoms with Crippen molar-refractivity contribution in [2.45, 2.75) is 25.3 Å². The van der Waals surface area contributed by atoms with E-state index in [1.807, 2.05) is 30.3 Å². The van der Waals surface area contributed by atoms with Crippen LogP contribution in [0.3, 0.4) is 0 Å². The molecule has 1 fully saturated rings. The number of rotatable bonds is 6. The van der Waals surface area contributed by atoms with Gasteiger partial charge in [-0.05, 0) is 42.7 Å². The Balaban J connectivity index is 1.52. The van der Waals surface area contributed by atoms with E-state index in [0.717, 1.165) is 22.9 Å². The Morgan fingerprint density at radius 2 is 1.95 bits per heavy atom. The zero-order valence-electron chi connectivity index (χ0n) is 11.3. The van der Waals surface area contributed by atoms with Gasteiger partial charge < -0.3 is 10.1 Å². The van der Waals surface area contributed by atoms with E-state index >= 15 is 0 Å². The molecule has 0 atom stereocenters. The molecule has 0 aliphatic heterocycles. The molecule has 0 heterocycles. The molecule has 1 saturated carbocycles. The van der Waals surface area contributed by atoms with E-state index in [0.29, 0.717) is 12.6 Å². The molecule has 1 N–H and O–H groups in total. The first-order chi connectivity index (χ1) is 9.79. The Bertz CT molecular complexity index is 581. The second kappa shape index (κ2) is 6.19. The zero-order valence-corrected chi connectivity index (χ0v) is 12.1. The maximum absolute atomic E-state index is 5.97. The van der Waals surface area contributed by atoms with Crippen LogP contribution in [0.15, 0.2) is 48.5 Å². The van der Waals surface area contributed by atoms with Crippen LogP contribution >= 0.6 is 11.6 Å². The van der Waals surface area contributed by atoms with Gasteiger partial charge in [0.25, 0.3) is 0 Å². The van der Waals surface area contributed by atoms with Crippen molar-refractivity contribution in [3.05, 3.63) is 59.1 Å². The molecular weight excluding hydrogens is 270 g/mol. The molecule has 2 nitrogen and oxygen atoms in total. The number of hydrogen-bond donors (Lipinski definition) is 1. The van der Waals surface area contributed by atoms with Gasteiger partial charge in [-0.1, -0.05) is 29.8 Å². The lowest BCUT2D eigenvalue weighted by Crippen LogP contribution is -2.03. The third-order valence-electron chi connectivity index (χ3n) is 3.33. The van der Waals surface area contributed by atoms with E-state index in [9.17, 15) is 0 Å². The maximum Gasteiger partial charge on any atom is 0.121 e. The molecular formula is C17H18ClNO. The lowest BCUT2D eigenvalue weighted by Gasteiger charge is -2.09. The molecule has 1 aliphatic rings. The number of anilines is 1. The topological polar surface area (TPSA) is 21.3 Å². The SMILES string of the molecule is Clc1cccc(CCOc2cccc(NC3CC3)c2)c1. The van der Waals surface area contributed by atoms with E-state index in [1.54, 1.807) is 0 Å². The average Bonchev–Trinajstić information content (AvgIpc) is 3.23. The van der Waals surface area contributed by atoms with E-state index in [-0.39, 0.29) is 0 Å². The molecule has 2 aromatic rings. The van der Waals surface area contributed by atoms with E-state index in [4.69, 9.17) is 16.3 Å². The zero-order chi connectivity index (χ0) is 13.8. The van der Waals surface area contributed by atoms with Gasteiger partial charge >= 0.3 is 0 Å². The molecule has 3 rings (SSSR count). The molecule has 0 saturated heterocycles. The third kappa shape index (κ3) is 3.91. The van der Waals surface area contributed by atoms with Crippen LogP contribution in [0.5, 0.6) is 5.75 Å². The minimum Gasteiger partial charge on any atom is -0.493 e. The van der Waals surface area contributed by atoms with Gasteiger partial charge in [-0.15, -0.1) is 0 Å². The summed E-state index contributed by atoms with van der Waals surface area (Å²) in [5.41, 5.74) is 2.34. The van der Waals surface area contributed by atoms with Crippen molar-refractivity contribution in [2.75, 3.05) is 11.9 Å². The highest BCUT2D eigenvalue weighted by atomic mass is 35.5. The minimum absolute atomic E-state index is 0.660. The van der Waals surface area contributed by atoms with E-state index in [2.05, 4.69) is 23.5 Å². The summed E-state index contributed by atoms with van der Waals surface area (Å²) in [7, 11) is 0. The largest absolute Gasteiger partial charge is 0.493 e. The number of hydrogen-bond acceptors (Lipinski definition) is 2. The summed E-state index contributed by atoms with van der Waals surface area (Å²) in [4.78, 5) is 0. The van der Waals surface area contributed by atoms with Crippen LogP contribution in [0, 0.1) is 0 Å². The lowest BCUT2D eigenvalue weighted by atomic mass is 10.2. The number of ether oxygens (including phenoxy) is 1. The Labute approximate surface area is 124 Å². The molecule has 3 heteroatoms. The number of halogens is 1. The van der Waals surface area contributed by atoms with Crippen LogP contribution < -0.4 is 10.1 Å². The van der Waals surface area contributed by atoms with E-state index in [1.165, 1.54) is 18.4 Å². The van der Waals surface area contributed by atoms with Crippen LogP contribution in [0.2, 0.25) is 5.02 Å². The fourth-order valence-electron chi connectivity index (χ4n) is 2.12. The fourth-order valence-corrected chi connectivity index (χ4v) is 2.33. The predicted molar refractivity (Wildman–Crippen MR) is 83.7 cm³/mol. The summed E-state index contributed by atoms with van der Waals surface area (Å²) in [6.45, 7) is 0.660. The summed E-state index contributed by atoms with van der Waals surface area (Å²) in [6, 6.07) is 16.7. The fraction of sp³-hybridized carbons (Fsp3) is 0.294. The molecule has 0 radical (unpaired) electrons. The molecule has 0 amide bonds. The highest BCUT2D eigenvalue weighted by Crippen LogP contribution is 2.26. The van der Waals surface area contributed by atoms with Crippen molar-refractivity contribution in [3.63, 3.8) is 0 Å². The molecule has 0 unspecified atom stereocenters. The summed E-state index contributed by atoms with van der Waals surface area (Å²) in [5.74, 6) is 0.915. The second-order valence-corrected chi connectivity index (χ2v) is 5.61. The summed E-state index contributed by atoms with van der Waals surface area (Å²) in [6.07, 6.45) is 3.42. The maximum atomic E-state index is 5.97. The molecule has 2 aromatic carbocycles. The Morgan fingerprint density at radius 1 is 1.10 bits per heavy atom. The van der Waals surface area contributed by atoms with Gasteiger partial charge in [0.2, 0.25) is 0 Å². The first-order valence-corrected chi connectivity index (χ1v) is 7.41. The highest BCUT2D eigenvalue weighted by molar-refractivity contribution is 6.30. The molecule has 104 valence electrons. The van der Waals surface area contributed by atoms with Gasteiger partial charge in [0, 0.05) is 29.2 Å². The van der Waals surface area contributed by atoms with Crippen molar-refractivity contribution in [2.24, 2.45) is 0 Å². The van der Waals surface area contributed by atoms with Gasteiger partial charge in [-0.2, -0.15) is 0 Å². The second-order valence-electron chi connectivity index (χ2n) is 5.17. The van der Waals surface area contributed by atoms with Gasteiger partial charge in [0.05, 0.1) is 6.61 Å². The van der Waals surface area contributed by atoms with Gasteiger partial charge in [-0.25, -0.2) is 0 Å². The van der Waals surface area contributed by atoms with Crippen LogP contribution in [0.4, 0.5) is 5.69 Å². The Hall–Kier alpha value is -1.67. The first-order valence-electron chi connectivity index (χ1n) is 7.03. The van der Waals surface area contributed by atoms with Crippen LogP contribution in [-0.4, -0.2) is 12.6 Å². The van der Waals surface area contributed by atoms with Gasteiger partial charge in [0.1, 0.15) is 5.75 Å². The molecule has 1 aliphatic carbocycles. The average molecular weight is 288 g/mol. The molecule has 20 heavy (non-hydrogen) atoms. The molecule has 0 aromatic heterocycles. The van der Waals surface area contributed by atoms with Crippen LogP contribution in [-0.2, 0) is 6.42 Å². The predicted octanol–water partition coefficient (Wildman–Crippen LogP) is 4.54. The van der Waals surface area contributed by atoms with Crippen molar-refractivity contribution in [3.8, 4) is 5.75 Å². The quantitative estimate of drug-likeness (QED) is 0.842. The van der Waals surface area contributed by atoms with Crippen molar-refractivity contribution in [1.82, 2.24) is 0 Å². The smallest absolute Gasteiger partial charge is 0.121 e. The normalized spacial score (nSPS) is 14.1. The van der Waals surface area contributed by atoms with E-state index < -0.39 is 0 Å². The molecule has 0 spiro atoms. The molecule has 0 bridgehead atoms. The number of nitrogens with one attached hydrogen (secondary N) is 1. The van der Waals surface area contributed by atoms with Crippen molar-refractivity contribution in [1.29, 1.82) is 0 Å². The Morgan fingerprint density at radius 3 is 2.75 bits per heavy atom. The lowest BCUT2D eigenvalue weighted by molar-refractivity contribution is 0.322. The van der Waals surface area contributed by atoms with Crippen molar-refractivity contribution < 1.29 is 4.74 Å². The third-order valence-corrected chi connectivity index (χ3v) is 3.57. The standard InChI is InChI=1S/C17H18ClNO/c18-14-4-1-3-13(11-14)9-10-20-17-6-2-5-16(12-17)19-15-7-8-15/h1-6,11-12,15,19H,7-10H2. The monoisotopic (exact) mass is 287 g/mol. The van der Waals surface area contributed by atoms with Crippen LogP contribution in [0.25, 0.3) is 0 Å². The highest BCUT2D eigenvalue weighted by Gasteiger charge is 2.20. The van der Waals surface area contributed by atoms with Crippen LogP contribution in [0.1, 0.15) is 18.4 Å². The van der Waals surface area contributed by atoms with Gasteiger partial charge in [0.15, 0.2) is 0 Å². The Kier molecular flexibility index (Phi) is 4.12. The first kappa shape index (κ1) is 13.3. The summed E-state index contributed by atoms with van der Waals surface area (Å²) < 4.78 is 5.81. The minimum atomic E-state index is 0.660. The number of benzene rings is 2. The van der Waals surface area contributed by atoms with Gasteiger partial charge in [-0.3, -0.25) is 0 Å².